The molecule has 3 amide bonds. The van der Waals surface area contributed by atoms with Crippen molar-refractivity contribution in [3.8, 4) is 0 Å². The molecule has 2 aromatic carbocycles. The highest BCUT2D eigenvalue weighted by atomic mass is 35.5. The summed E-state index contributed by atoms with van der Waals surface area (Å²) in [5.41, 5.74) is 7.51. The molecule has 10 heteroatoms. The topological polar surface area (TPSA) is 100 Å². The van der Waals surface area contributed by atoms with Crippen LogP contribution in [-0.4, -0.2) is 30.0 Å². The highest BCUT2D eigenvalue weighted by Crippen LogP contribution is 2.34. The largest absolute Gasteiger partial charge is 0.375 e. The van der Waals surface area contributed by atoms with Crippen LogP contribution in [-0.2, 0) is 4.79 Å². The summed E-state index contributed by atoms with van der Waals surface area (Å²) in [4.78, 5) is 29.8. The second kappa shape index (κ2) is 8.64. The summed E-state index contributed by atoms with van der Waals surface area (Å²) < 4.78 is 0.806. The van der Waals surface area contributed by atoms with E-state index in [1.165, 1.54) is 23.2 Å². The molecule has 0 aliphatic carbocycles. The van der Waals surface area contributed by atoms with Gasteiger partial charge >= 0.3 is 6.03 Å². The Morgan fingerprint density at radius 2 is 1.93 bits per heavy atom. The minimum absolute atomic E-state index is 0.185. The summed E-state index contributed by atoms with van der Waals surface area (Å²) in [7, 11) is 0. The van der Waals surface area contributed by atoms with E-state index in [0.29, 0.717) is 32.1 Å². The first kappa shape index (κ1) is 20.2. The van der Waals surface area contributed by atoms with E-state index in [2.05, 4.69) is 15.6 Å². The van der Waals surface area contributed by atoms with Gasteiger partial charge in [0.25, 0.3) is 0 Å². The summed E-state index contributed by atoms with van der Waals surface area (Å²) in [5.74, 6) is -0.185. The fourth-order valence-corrected chi connectivity index (χ4v) is 3.70. The van der Waals surface area contributed by atoms with Crippen LogP contribution in [0.3, 0.4) is 0 Å². The van der Waals surface area contributed by atoms with Gasteiger partial charge in [0.2, 0.25) is 5.91 Å². The smallest absolute Gasteiger partial charge is 0.326 e. The number of anilines is 3. The van der Waals surface area contributed by atoms with Gasteiger partial charge in [0.15, 0.2) is 5.13 Å². The van der Waals surface area contributed by atoms with Crippen LogP contribution < -0.4 is 21.3 Å². The van der Waals surface area contributed by atoms with Gasteiger partial charge < -0.3 is 16.4 Å². The van der Waals surface area contributed by atoms with Crippen LogP contribution in [0.5, 0.6) is 0 Å². The van der Waals surface area contributed by atoms with Crippen molar-refractivity contribution < 1.29 is 9.59 Å². The molecule has 146 valence electrons. The van der Waals surface area contributed by atoms with Gasteiger partial charge in [0.1, 0.15) is 0 Å². The zero-order valence-electron chi connectivity index (χ0n) is 14.8. The molecule has 0 bridgehead atoms. The van der Waals surface area contributed by atoms with Gasteiger partial charge in [-0.1, -0.05) is 34.5 Å². The molecule has 0 saturated carbocycles. The maximum atomic E-state index is 12.9. The summed E-state index contributed by atoms with van der Waals surface area (Å²) in [5, 5.41) is 6.82. The number of hydrogen-bond donors (Lipinski definition) is 3. The summed E-state index contributed by atoms with van der Waals surface area (Å²) in [6.07, 6.45) is 0. The third-order valence-corrected chi connectivity index (χ3v) is 5.22. The third kappa shape index (κ3) is 4.83. The van der Waals surface area contributed by atoms with Gasteiger partial charge in [-0.05, 0) is 36.4 Å². The molecule has 3 rings (SSSR count). The molecule has 1 aromatic heterocycles. The van der Waals surface area contributed by atoms with E-state index in [4.69, 9.17) is 28.9 Å². The molecular weight excluding hydrogens is 421 g/mol. The summed E-state index contributed by atoms with van der Waals surface area (Å²) >= 11 is 13.6. The molecule has 0 fully saturated rings. The van der Waals surface area contributed by atoms with Crippen molar-refractivity contribution in [1.82, 2.24) is 10.3 Å². The average molecular weight is 438 g/mol. The number of aromatic nitrogens is 1. The van der Waals surface area contributed by atoms with Gasteiger partial charge in [0, 0.05) is 30.7 Å². The van der Waals surface area contributed by atoms with Crippen LogP contribution in [0, 0.1) is 0 Å². The highest BCUT2D eigenvalue weighted by molar-refractivity contribution is 7.22. The number of carbonyl (C=O) groups excluding carboxylic acids is 2. The number of halogens is 2. The minimum Gasteiger partial charge on any atom is -0.375 e. The predicted molar refractivity (Wildman–Crippen MR) is 116 cm³/mol. The van der Waals surface area contributed by atoms with Gasteiger partial charge in [0.05, 0.1) is 20.9 Å². The normalized spacial score (nSPS) is 10.7. The third-order valence-electron chi connectivity index (χ3n) is 3.81. The first-order valence-electron chi connectivity index (χ1n) is 8.27. The standard InChI is InChI=1S/C18H17Cl2N5O2S/c1-10(26)22-6-7-25(18(27)23-12-4-2-11(19)3-5-12)15-9-16-14(8-13(15)20)24-17(21)28-16/h2-5,8-9H,6-7H2,1H3,(H2,21,24)(H,22,26)(H,23,27). The number of fused-ring (bicyclic) bond motifs is 1. The molecule has 1 heterocycles. The monoisotopic (exact) mass is 437 g/mol. The van der Waals surface area contributed by atoms with Crippen LogP contribution >= 0.6 is 34.5 Å². The number of rotatable bonds is 5. The van der Waals surface area contributed by atoms with E-state index in [1.807, 2.05) is 0 Å². The van der Waals surface area contributed by atoms with E-state index in [-0.39, 0.29) is 19.0 Å². The Balaban J connectivity index is 1.91. The second-order valence-corrected chi connectivity index (χ2v) is 7.80. The molecule has 7 nitrogen and oxygen atoms in total. The van der Waals surface area contributed by atoms with Crippen LogP contribution in [0.2, 0.25) is 10.0 Å². The lowest BCUT2D eigenvalue weighted by molar-refractivity contribution is -0.118. The van der Waals surface area contributed by atoms with Crippen LogP contribution in [0.4, 0.5) is 21.3 Å². The Morgan fingerprint density at radius 3 is 2.61 bits per heavy atom. The first-order chi connectivity index (χ1) is 13.3. The maximum Gasteiger partial charge on any atom is 0.326 e. The van der Waals surface area contributed by atoms with Crippen LogP contribution in [0.1, 0.15) is 6.92 Å². The molecule has 0 radical (unpaired) electrons. The first-order valence-corrected chi connectivity index (χ1v) is 9.85. The SMILES string of the molecule is CC(=O)NCCN(C(=O)Nc1ccc(Cl)cc1)c1cc2sc(N)nc2cc1Cl. The number of amides is 3. The van der Waals surface area contributed by atoms with Crippen LogP contribution in [0.25, 0.3) is 10.2 Å². The lowest BCUT2D eigenvalue weighted by atomic mass is 10.2. The number of nitrogen functional groups attached to an aromatic ring is 1. The fraction of sp³-hybridized carbons (Fsp3) is 0.167. The van der Waals surface area contributed by atoms with Crippen molar-refractivity contribution in [3.63, 3.8) is 0 Å². The summed E-state index contributed by atoms with van der Waals surface area (Å²) in [6.45, 7) is 1.90. The number of urea groups is 1. The van der Waals surface area contributed by atoms with Crippen molar-refractivity contribution in [2.45, 2.75) is 6.92 Å². The van der Waals surface area contributed by atoms with Gasteiger partial charge in [-0.3, -0.25) is 9.69 Å². The molecule has 4 N–H and O–H groups in total. The molecule has 0 atom stereocenters. The number of nitrogens with one attached hydrogen (secondary N) is 2. The van der Waals surface area contributed by atoms with Crippen molar-refractivity contribution in [3.05, 3.63) is 46.4 Å². The number of nitrogens with two attached hydrogens (primary N) is 1. The Morgan fingerprint density at radius 1 is 1.21 bits per heavy atom. The minimum atomic E-state index is -0.397. The Hall–Kier alpha value is -2.55. The lowest BCUT2D eigenvalue weighted by Crippen LogP contribution is -2.40. The zero-order chi connectivity index (χ0) is 20.3. The molecule has 0 saturated heterocycles. The average Bonchev–Trinajstić information content (AvgIpc) is 2.99. The van der Waals surface area contributed by atoms with Crippen molar-refractivity contribution in [2.75, 3.05) is 29.0 Å². The van der Waals surface area contributed by atoms with Gasteiger partial charge in [-0.15, -0.1) is 0 Å². The number of hydrogen-bond acceptors (Lipinski definition) is 5. The second-order valence-electron chi connectivity index (χ2n) is 5.90. The van der Waals surface area contributed by atoms with Gasteiger partial charge in [-0.25, -0.2) is 9.78 Å². The van der Waals surface area contributed by atoms with Gasteiger partial charge in [-0.2, -0.15) is 0 Å². The van der Waals surface area contributed by atoms with Crippen molar-refractivity contribution in [1.29, 1.82) is 0 Å². The highest BCUT2D eigenvalue weighted by Gasteiger charge is 2.20. The van der Waals surface area contributed by atoms with E-state index in [1.54, 1.807) is 36.4 Å². The number of nitrogens with zero attached hydrogens (tertiary/aromatic N) is 2. The molecule has 0 aliphatic rings. The van der Waals surface area contributed by atoms with E-state index >= 15 is 0 Å². The molecule has 0 unspecified atom stereocenters. The Bertz CT molecular complexity index is 1020. The van der Waals surface area contributed by atoms with E-state index < -0.39 is 6.03 Å². The molecular formula is C18H17Cl2N5O2S. The quantitative estimate of drug-likeness (QED) is 0.551. The zero-order valence-corrected chi connectivity index (χ0v) is 17.2. The summed E-state index contributed by atoms with van der Waals surface area (Å²) in [6, 6.07) is 9.78. The molecule has 0 spiro atoms. The van der Waals surface area contributed by atoms with E-state index in [9.17, 15) is 9.59 Å². The molecule has 28 heavy (non-hydrogen) atoms. The van der Waals surface area contributed by atoms with Crippen molar-refractivity contribution >= 4 is 73.2 Å². The predicted octanol–water partition coefficient (Wildman–Crippen LogP) is 4.36. The number of benzene rings is 2. The van der Waals surface area contributed by atoms with E-state index in [0.717, 1.165) is 4.70 Å². The maximum absolute atomic E-state index is 12.9. The Labute approximate surface area is 175 Å². The molecule has 0 aliphatic heterocycles. The fourth-order valence-electron chi connectivity index (χ4n) is 2.56. The van der Waals surface area contributed by atoms with Crippen molar-refractivity contribution in [2.24, 2.45) is 0 Å². The lowest BCUT2D eigenvalue weighted by Gasteiger charge is -2.24. The number of thiazole rings is 1. The van der Waals surface area contributed by atoms with Crippen LogP contribution in [0.15, 0.2) is 36.4 Å². The Kier molecular flexibility index (Phi) is 6.23. The number of carbonyl (C=O) groups is 2. The molecule has 3 aromatic rings.